The number of hydrogen-bond donors (Lipinski definition) is 2. The Morgan fingerprint density at radius 3 is 3.00 bits per heavy atom. The van der Waals surface area contributed by atoms with E-state index in [4.69, 9.17) is 9.47 Å². The Labute approximate surface area is 113 Å². The molecule has 1 aromatic carbocycles. The second kappa shape index (κ2) is 5.49. The fourth-order valence-electron chi connectivity index (χ4n) is 3.00. The maximum Gasteiger partial charge on any atom is 0.115 e. The first-order valence-electron chi connectivity index (χ1n) is 7.00. The lowest BCUT2D eigenvalue weighted by atomic mass is 9.89. The molecule has 4 heteroatoms. The third-order valence-corrected chi connectivity index (χ3v) is 4.09. The first-order chi connectivity index (χ1) is 9.26. The summed E-state index contributed by atoms with van der Waals surface area (Å²) in [5.74, 6) is 0.290. The van der Waals surface area contributed by atoms with E-state index in [1.54, 1.807) is 12.1 Å². The second-order valence-corrected chi connectivity index (χ2v) is 5.55. The van der Waals surface area contributed by atoms with Crippen molar-refractivity contribution in [3.8, 4) is 5.75 Å². The molecular weight excluding hydrogens is 242 g/mol. The van der Waals surface area contributed by atoms with Gasteiger partial charge < -0.3 is 19.9 Å². The van der Waals surface area contributed by atoms with Crippen molar-refractivity contribution in [2.75, 3.05) is 19.7 Å². The lowest BCUT2D eigenvalue weighted by Crippen LogP contribution is -2.41. The Kier molecular flexibility index (Phi) is 3.73. The summed E-state index contributed by atoms with van der Waals surface area (Å²) >= 11 is 0. The molecular formula is C15H21NO3. The molecule has 2 saturated heterocycles. The van der Waals surface area contributed by atoms with Gasteiger partial charge in [0.25, 0.3) is 0 Å². The molecule has 104 valence electrons. The molecule has 1 spiro atoms. The first-order valence-corrected chi connectivity index (χ1v) is 7.00. The van der Waals surface area contributed by atoms with E-state index in [-0.39, 0.29) is 11.7 Å². The maximum atomic E-state index is 9.42. The molecule has 1 atom stereocenters. The van der Waals surface area contributed by atoms with Crippen LogP contribution in [0, 0.1) is 0 Å². The number of ether oxygens (including phenoxy) is 2. The number of hydrogen-bond acceptors (Lipinski definition) is 4. The lowest BCUT2D eigenvalue weighted by Gasteiger charge is -2.32. The van der Waals surface area contributed by atoms with Crippen molar-refractivity contribution in [2.45, 2.75) is 37.6 Å². The SMILES string of the molecule is Oc1cccc(COC2COC3(CCNCC3)C2)c1. The zero-order chi connectivity index (χ0) is 13.1. The van der Waals surface area contributed by atoms with Crippen molar-refractivity contribution in [3.05, 3.63) is 29.8 Å². The normalized spacial score (nSPS) is 25.8. The molecule has 2 N–H and O–H groups in total. The van der Waals surface area contributed by atoms with E-state index in [1.807, 2.05) is 12.1 Å². The highest BCUT2D eigenvalue weighted by atomic mass is 16.6. The predicted molar refractivity (Wildman–Crippen MR) is 72.1 cm³/mol. The van der Waals surface area contributed by atoms with E-state index in [0.717, 1.165) is 37.9 Å². The number of phenolic OH excluding ortho intramolecular Hbond substituents is 1. The zero-order valence-corrected chi connectivity index (χ0v) is 11.1. The molecule has 0 aliphatic carbocycles. The molecule has 1 aromatic rings. The molecule has 19 heavy (non-hydrogen) atoms. The molecule has 0 amide bonds. The van der Waals surface area contributed by atoms with E-state index < -0.39 is 0 Å². The van der Waals surface area contributed by atoms with Crippen LogP contribution >= 0.6 is 0 Å². The molecule has 2 aliphatic heterocycles. The molecule has 2 fully saturated rings. The summed E-state index contributed by atoms with van der Waals surface area (Å²) in [4.78, 5) is 0. The third kappa shape index (κ3) is 3.08. The van der Waals surface area contributed by atoms with Crippen molar-refractivity contribution in [3.63, 3.8) is 0 Å². The van der Waals surface area contributed by atoms with Crippen LogP contribution in [-0.4, -0.2) is 36.5 Å². The van der Waals surface area contributed by atoms with Gasteiger partial charge in [0.1, 0.15) is 5.75 Å². The van der Waals surface area contributed by atoms with Crippen LogP contribution in [0.2, 0.25) is 0 Å². The number of phenols is 1. The van der Waals surface area contributed by atoms with E-state index in [2.05, 4.69) is 5.32 Å². The van der Waals surface area contributed by atoms with E-state index >= 15 is 0 Å². The van der Waals surface area contributed by atoms with Crippen LogP contribution in [0.4, 0.5) is 0 Å². The quantitative estimate of drug-likeness (QED) is 0.873. The van der Waals surface area contributed by atoms with Crippen LogP contribution in [0.15, 0.2) is 24.3 Å². The number of piperidine rings is 1. The zero-order valence-electron chi connectivity index (χ0n) is 11.1. The Balaban J connectivity index is 1.52. The molecule has 4 nitrogen and oxygen atoms in total. The second-order valence-electron chi connectivity index (χ2n) is 5.55. The fraction of sp³-hybridized carbons (Fsp3) is 0.600. The minimum absolute atomic E-state index is 0.0503. The van der Waals surface area contributed by atoms with Crippen molar-refractivity contribution in [1.82, 2.24) is 5.32 Å². The summed E-state index contributed by atoms with van der Waals surface area (Å²) in [5, 5.41) is 12.8. The van der Waals surface area contributed by atoms with Gasteiger partial charge >= 0.3 is 0 Å². The van der Waals surface area contributed by atoms with E-state index in [1.165, 1.54) is 0 Å². The first kappa shape index (κ1) is 12.9. The van der Waals surface area contributed by atoms with Gasteiger partial charge in [0.05, 0.1) is 24.9 Å². The number of nitrogens with one attached hydrogen (secondary N) is 1. The highest BCUT2D eigenvalue weighted by Gasteiger charge is 2.41. The average molecular weight is 263 g/mol. The van der Waals surface area contributed by atoms with Crippen LogP contribution in [0.3, 0.4) is 0 Å². The number of benzene rings is 1. The van der Waals surface area contributed by atoms with Crippen molar-refractivity contribution >= 4 is 0 Å². The minimum Gasteiger partial charge on any atom is -0.508 e. The minimum atomic E-state index is 0.0503. The number of rotatable bonds is 3. The summed E-state index contributed by atoms with van der Waals surface area (Å²) in [6, 6.07) is 7.23. The Bertz CT molecular complexity index is 429. The molecule has 0 saturated carbocycles. The van der Waals surface area contributed by atoms with Gasteiger partial charge in [-0.2, -0.15) is 0 Å². The summed E-state index contributed by atoms with van der Waals surface area (Å²) in [6.45, 7) is 3.31. The Hall–Kier alpha value is -1.10. The summed E-state index contributed by atoms with van der Waals surface area (Å²) in [5.41, 5.74) is 1.06. The highest BCUT2D eigenvalue weighted by molar-refractivity contribution is 5.26. The monoisotopic (exact) mass is 263 g/mol. The van der Waals surface area contributed by atoms with Gasteiger partial charge in [0.15, 0.2) is 0 Å². The van der Waals surface area contributed by atoms with Crippen LogP contribution in [0.1, 0.15) is 24.8 Å². The summed E-state index contributed by atoms with van der Waals surface area (Å²) in [7, 11) is 0. The number of aromatic hydroxyl groups is 1. The van der Waals surface area contributed by atoms with Crippen molar-refractivity contribution in [2.24, 2.45) is 0 Å². The molecule has 0 aromatic heterocycles. The van der Waals surface area contributed by atoms with Crippen LogP contribution in [0.25, 0.3) is 0 Å². The van der Waals surface area contributed by atoms with Gasteiger partial charge in [-0.25, -0.2) is 0 Å². The lowest BCUT2D eigenvalue weighted by molar-refractivity contribution is -0.0240. The fourth-order valence-corrected chi connectivity index (χ4v) is 3.00. The molecule has 3 rings (SSSR count). The molecule has 0 radical (unpaired) electrons. The van der Waals surface area contributed by atoms with Crippen LogP contribution < -0.4 is 5.32 Å². The van der Waals surface area contributed by atoms with Gasteiger partial charge in [0, 0.05) is 6.42 Å². The third-order valence-electron chi connectivity index (χ3n) is 4.09. The van der Waals surface area contributed by atoms with Crippen molar-refractivity contribution < 1.29 is 14.6 Å². The van der Waals surface area contributed by atoms with Crippen LogP contribution in [0.5, 0.6) is 5.75 Å². The van der Waals surface area contributed by atoms with Gasteiger partial charge in [-0.3, -0.25) is 0 Å². The van der Waals surface area contributed by atoms with Crippen molar-refractivity contribution in [1.29, 1.82) is 0 Å². The van der Waals surface area contributed by atoms with Gasteiger partial charge in [-0.1, -0.05) is 12.1 Å². The van der Waals surface area contributed by atoms with E-state index in [9.17, 15) is 5.11 Å². The van der Waals surface area contributed by atoms with Crippen LogP contribution in [-0.2, 0) is 16.1 Å². The smallest absolute Gasteiger partial charge is 0.115 e. The summed E-state index contributed by atoms with van der Waals surface area (Å²) in [6.07, 6.45) is 3.34. The van der Waals surface area contributed by atoms with Gasteiger partial charge in [0.2, 0.25) is 0 Å². The van der Waals surface area contributed by atoms with Gasteiger partial charge in [-0.15, -0.1) is 0 Å². The van der Waals surface area contributed by atoms with Gasteiger partial charge in [-0.05, 0) is 43.6 Å². The molecule has 2 heterocycles. The largest absolute Gasteiger partial charge is 0.508 e. The Morgan fingerprint density at radius 2 is 2.21 bits per heavy atom. The molecule has 1 unspecified atom stereocenters. The average Bonchev–Trinajstić information content (AvgIpc) is 2.80. The summed E-state index contributed by atoms with van der Waals surface area (Å²) < 4.78 is 11.9. The highest BCUT2D eigenvalue weighted by Crippen LogP contribution is 2.35. The maximum absolute atomic E-state index is 9.42. The molecule has 0 bridgehead atoms. The molecule has 2 aliphatic rings. The Morgan fingerprint density at radius 1 is 1.37 bits per heavy atom. The topological polar surface area (TPSA) is 50.7 Å². The van der Waals surface area contributed by atoms with E-state index in [0.29, 0.717) is 19.0 Å². The standard InChI is InChI=1S/C15H21NO3/c17-13-3-1-2-12(8-13)10-18-14-9-15(19-11-14)4-6-16-7-5-15/h1-3,8,14,16-17H,4-7,9-11H2. The predicted octanol–water partition coefficient (Wildman–Crippen LogP) is 1.82.